The Morgan fingerprint density at radius 3 is 2.31 bits per heavy atom. The second kappa shape index (κ2) is 12.8. The fraction of sp³-hybridized carbons (Fsp3) is 0.357. The van der Waals surface area contributed by atoms with Gasteiger partial charge in [0.2, 0.25) is 5.91 Å². The van der Waals surface area contributed by atoms with E-state index in [-0.39, 0.29) is 18.8 Å². The van der Waals surface area contributed by atoms with Crippen molar-refractivity contribution in [3.05, 3.63) is 65.9 Å². The van der Waals surface area contributed by atoms with E-state index in [0.717, 1.165) is 5.56 Å². The number of aliphatic carboxylic acids is 2. The van der Waals surface area contributed by atoms with Crippen LogP contribution in [0.25, 0.3) is 10.9 Å². The number of fused-ring (bicyclic) bond motifs is 1. The molecule has 1 heterocycles. The van der Waals surface area contributed by atoms with Crippen LogP contribution in [0.4, 0.5) is 4.79 Å². The lowest BCUT2D eigenvalue weighted by Gasteiger charge is -2.39. The number of carboxylic acid groups (broad SMARTS) is 2. The van der Waals surface area contributed by atoms with Gasteiger partial charge >= 0.3 is 18.0 Å². The summed E-state index contributed by atoms with van der Waals surface area (Å²) >= 11 is 0. The number of hydrogen-bond acceptors (Lipinski definition) is 6. The summed E-state index contributed by atoms with van der Waals surface area (Å²) in [5.41, 5.74) is 1.01. The molecule has 3 aromatic rings. The van der Waals surface area contributed by atoms with E-state index in [1.807, 2.05) is 19.9 Å². The molecular weight excluding hydrogens is 506 g/mol. The molecular formula is C28H33N3O8. The highest BCUT2D eigenvalue weighted by Crippen LogP contribution is 2.40. The molecule has 6 N–H and O–H groups in total. The van der Waals surface area contributed by atoms with Crippen LogP contribution in [0.3, 0.4) is 0 Å². The number of aromatic hydroxyl groups is 1. The molecule has 11 nitrogen and oxygen atoms in total. The van der Waals surface area contributed by atoms with Gasteiger partial charge in [-0.2, -0.15) is 0 Å². The van der Waals surface area contributed by atoms with E-state index in [1.54, 1.807) is 42.6 Å². The van der Waals surface area contributed by atoms with Crippen LogP contribution in [0.1, 0.15) is 50.7 Å². The van der Waals surface area contributed by atoms with Gasteiger partial charge in [-0.3, -0.25) is 9.59 Å². The summed E-state index contributed by atoms with van der Waals surface area (Å²) in [7, 11) is 0. The molecule has 0 bridgehead atoms. The number of nitrogens with one attached hydrogen (secondary N) is 3. The molecule has 39 heavy (non-hydrogen) atoms. The summed E-state index contributed by atoms with van der Waals surface area (Å²) in [4.78, 5) is 52.7. The quantitative estimate of drug-likeness (QED) is 0.190. The van der Waals surface area contributed by atoms with Gasteiger partial charge in [0.05, 0.1) is 0 Å². The van der Waals surface area contributed by atoms with Gasteiger partial charge < -0.3 is 35.7 Å². The average molecular weight is 540 g/mol. The lowest BCUT2D eigenvalue weighted by molar-refractivity contribution is -0.143. The maximum absolute atomic E-state index is 13.7. The standard InChI is InChI=1S/C28H33N3O8/c1-3-28(4-2,20-15-29-21-11-10-18(32)14-19(20)21)24(25(35)30-22(26(36)37)12-13-23(33)34)31-27(38)39-16-17-8-6-5-7-9-17/h5-11,14-15,22,24,29,32H,3-4,12-13,16H2,1-2H3,(H,30,35)(H,31,38)(H,33,34)(H,36,37)/t22-,24+/m0/s1. The van der Waals surface area contributed by atoms with Gasteiger partial charge in [0.15, 0.2) is 0 Å². The van der Waals surface area contributed by atoms with Crippen LogP contribution in [0.5, 0.6) is 5.75 Å². The molecule has 0 saturated carbocycles. The summed E-state index contributed by atoms with van der Waals surface area (Å²) in [5, 5.41) is 34.5. The minimum Gasteiger partial charge on any atom is -0.508 e. The van der Waals surface area contributed by atoms with Crippen molar-refractivity contribution >= 4 is 34.8 Å². The summed E-state index contributed by atoms with van der Waals surface area (Å²) in [6, 6.07) is 10.9. The fourth-order valence-electron chi connectivity index (χ4n) is 4.83. The van der Waals surface area contributed by atoms with Crippen LogP contribution in [-0.4, -0.2) is 56.3 Å². The molecule has 0 saturated heterocycles. The summed E-state index contributed by atoms with van der Waals surface area (Å²) in [5.74, 6) is -3.39. The first-order chi connectivity index (χ1) is 18.6. The Kier molecular flexibility index (Phi) is 9.53. The van der Waals surface area contributed by atoms with Gasteiger partial charge in [-0.25, -0.2) is 9.59 Å². The number of phenolic OH excluding ortho intramolecular Hbond substituents is 1. The van der Waals surface area contributed by atoms with Crippen molar-refractivity contribution in [1.82, 2.24) is 15.6 Å². The largest absolute Gasteiger partial charge is 0.508 e. The number of carbonyl (C=O) groups excluding carboxylic acids is 2. The predicted octanol–water partition coefficient (Wildman–Crippen LogP) is 3.66. The van der Waals surface area contributed by atoms with Crippen molar-refractivity contribution in [3.8, 4) is 5.75 Å². The summed E-state index contributed by atoms with van der Waals surface area (Å²) in [6.45, 7) is 3.62. The number of carboxylic acids is 2. The maximum atomic E-state index is 13.7. The Balaban J connectivity index is 2.00. The topological polar surface area (TPSA) is 178 Å². The number of amides is 2. The minimum atomic E-state index is -1.49. The lowest BCUT2D eigenvalue weighted by atomic mass is 9.69. The monoisotopic (exact) mass is 539 g/mol. The first-order valence-corrected chi connectivity index (χ1v) is 12.6. The third kappa shape index (κ3) is 6.86. The highest BCUT2D eigenvalue weighted by molar-refractivity contribution is 5.93. The summed E-state index contributed by atoms with van der Waals surface area (Å²) in [6.07, 6.45) is 0.696. The molecule has 2 aromatic carbocycles. The molecule has 0 unspecified atom stereocenters. The van der Waals surface area contributed by atoms with E-state index in [2.05, 4.69) is 15.6 Å². The Morgan fingerprint density at radius 2 is 1.69 bits per heavy atom. The average Bonchev–Trinajstić information content (AvgIpc) is 3.34. The number of hydrogen-bond donors (Lipinski definition) is 6. The number of aromatic nitrogens is 1. The number of H-pyrrole nitrogens is 1. The van der Waals surface area contributed by atoms with Crippen LogP contribution in [0.2, 0.25) is 0 Å². The molecule has 2 atom stereocenters. The van der Waals surface area contributed by atoms with E-state index in [4.69, 9.17) is 9.84 Å². The van der Waals surface area contributed by atoms with E-state index in [0.29, 0.717) is 29.3 Å². The van der Waals surface area contributed by atoms with Crippen molar-refractivity contribution in [2.24, 2.45) is 0 Å². The number of benzene rings is 2. The number of rotatable bonds is 13. The Bertz CT molecular complexity index is 1320. The van der Waals surface area contributed by atoms with Crippen LogP contribution in [0, 0.1) is 0 Å². The third-order valence-corrected chi connectivity index (χ3v) is 7.01. The molecule has 0 aliphatic carbocycles. The Labute approximate surface area is 225 Å². The molecule has 11 heteroatoms. The molecule has 0 fully saturated rings. The fourth-order valence-corrected chi connectivity index (χ4v) is 4.83. The number of ether oxygens (including phenoxy) is 1. The lowest BCUT2D eigenvalue weighted by Crippen LogP contribution is -2.60. The van der Waals surface area contributed by atoms with Gasteiger partial charge in [-0.1, -0.05) is 44.2 Å². The Hall–Kier alpha value is -4.54. The molecule has 3 rings (SSSR count). The van der Waals surface area contributed by atoms with Gasteiger partial charge in [0.1, 0.15) is 24.4 Å². The van der Waals surface area contributed by atoms with Crippen molar-refractivity contribution in [2.45, 2.75) is 63.6 Å². The van der Waals surface area contributed by atoms with Crippen molar-refractivity contribution in [1.29, 1.82) is 0 Å². The zero-order valence-electron chi connectivity index (χ0n) is 21.8. The normalized spacial score (nSPS) is 12.9. The van der Waals surface area contributed by atoms with Crippen LogP contribution < -0.4 is 10.6 Å². The number of phenols is 1. The van der Waals surface area contributed by atoms with Gasteiger partial charge in [0.25, 0.3) is 0 Å². The van der Waals surface area contributed by atoms with E-state index < -0.39 is 47.9 Å². The van der Waals surface area contributed by atoms with Crippen molar-refractivity contribution in [3.63, 3.8) is 0 Å². The molecule has 1 aromatic heterocycles. The second-order valence-electron chi connectivity index (χ2n) is 9.27. The van der Waals surface area contributed by atoms with Crippen molar-refractivity contribution in [2.75, 3.05) is 0 Å². The van der Waals surface area contributed by atoms with Crippen LogP contribution in [-0.2, 0) is 31.1 Å². The first kappa shape index (κ1) is 29.0. The highest BCUT2D eigenvalue weighted by atomic mass is 16.5. The van der Waals surface area contributed by atoms with Gasteiger partial charge in [-0.05, 0) is 48.6 Å². The van der Waals surface area contributed by atoms with E-state index in [1.165, 1.54) is 6.07 Å². The van der Waals surface area contributed by atoms with Gasteiger partial charge in [-0.15, -0.1) is 0 Å². The first-order valence-electron chi connectivity index (χ1n) is 12.6. The van der Waals surface area contributed by atoms with E-state index >= 15 is 0 Å². The second-order valence-corrected chi connectivity index (χ2v) is 9.27. The summed E-state index contributed by atoms with van der Waals surface area (Å²) < 4.78 is 5.38. The molecule has 208 valence electrons. The number of aromatic amines is 1. The SMILES string of the molecule is CCC(CC)(c1c[nH]c2ccc(O)cc12)[C@H](NC(=O)OCc1ccccc1)C(=O)N[C@@H](CCC(=O)O)C(=O)O. The predicted molar refractivity (Wildman–Crippen MR) is 142 cm³/mol. The van der Waals surface area contributed by atoms with Crippen LogP contribution >= 0.6 is 0 Å². The number of carbonyl (C=O) groups is 4. The Morgan fingerprint density at radius 1 is 1.00 bits per heavy atom. The number of alkyl carbamates (subject to hydrolysis) is 1. The zero-order chi connectivity index (χ0) is 28.6. The van der Waals surface area contributed by atoms with Gasteiger partial charge in [0, 0.05) is 28.9 Å². The van der Waals surface area contributed by atoms with Crippen LogP contribution in [0.15, 0.2) is 54.7 Å². The highest BCUT2D eigenvalue weighted by Gasteiger charge is 2.45. The molecule has 0 aliphatic heterocycles. The zero-order valence-corrected chi connectivity index (χ0v) is 21.8. The van der Waals surface area contributed by atoms with Crippen molar-refractivity contribution < 1.29 is 39.2 Å². The molecule has 2 amide bonds. The van der Waals surface area contributed by atoms with E-state index in [9.17, 15) is 29.4 Å². The molecule has 0 spiro atoms. The smallest absolute Gasteiger partial charge is 0.408 e. The molecule has 0 aliphatic rings. The maximum Gasteiger partial charge on any atom is 0.408 e. The third-order valence-electron chi connectivity index (χ3n) is 7.01. The minimum absolute atomic E-state index is 0.0142. The molecule has 0 radical (unpaired) electrons.